The predicted octanol–water partition coefficient (Wildman–Crippen LogP) is 30.0. The van der Waals surface area contributed by atoms with Gasteiger partial charge in [0, 0.05) is 129 Å². The van der Waals surface area contributed by atoms with E-state index in [1.54, 1.807) is 170 Å². The predicted molar refractivity (Wildman–Crippen MR) is 586 cm³/mol. The van der Waals surface area contributed by atoms with Crippen LogP contribution in [0.15, 0.2) is 315 Å². The van der Waals surface area contributed by atoms with E-state index in [4.69, 9.17) is 33.2 Å². The van der Waals surface area contributed by atoms with Gasteiger partial charge in [0.2, 0.25) is 0 Å². The molecule has 15 aromatic carbocycles. The number of phenols is 1. The van der Waals surface area contributed by atoms with Crippen LogP contribution < -0.4 is 33.2 Å². The van der Waals surface area contributed by atoms with Crippen molar-refractivity contribution < 1.29 is 71.8 Å². The van der Waals surface area contributed by atoms with Gasteiger partial charge >= 0.3 is 41.8 Å². The summed E-state index contributed by atoms with van der Waals surface area (Å²) in [5.41, 5.74) is 11.7. The molecule has 0 amide bonds. The van der Waals surface area contributed by atoms with Gasteiger partial charge in [-0.2, -0.15) is 0 Å². The Hall–Kier alpha value is -15.6. The molecule has 16 bridgehead atoms. The number of hydrogen-bond donors (Lipinski definition) is 1. The summed E-state index contributed by atoms with van der Waals surface area (Å²) < 4.78 is 49.8. The van der Waals surface area contributed by atoms with Crippen molar-refractivity contribution in [3.05, 3.63) is 482 Å². The number of ether oxygens (including phenoxy) is 7. The third-order valence-electron chi connectivity index (χ3n) is 27.4. The highest BCUT2D eigenvalue weighted by atomic mass is 16.6. The van der Waals surface area contributed by atoms with Crippen LogP contribution in [-0.4, -0.2) is 46.9 Å². The second kappa shape index (κ2) is 42.8. The van der Waals surface area contributed by atoms with Gasteiger partial charge in [-0.3, -0.25) is 0 Å². The highest BCUT2D eigenvalue weighted by molar-refractivity contribution is 5.96. The fourth-order valence-corrected chi connectivity index (χ4v) is 18.7. The average molecular weight is 1970 g/mol. The quantitative estimate of drug-likeness (QED) is 0.0794. The number of aromatic hydroxyl groups is 1. The Kier molecular flexibility index (Phi) is 30.4. The van der Waals surface area contributed by atoms with E-state index in [0.717, 1.165) is 38.9 Å². The monoisotopic (exact) mass is 1970 g/mol. The maximum absolute atomic E-state index is 15.8. The summed E-state index contributed by atoms with van der Waals surface area (Å²) in [7, 11) is 0. The van der Waals surface area contributed by atoms with Gasteiger partial charge in [-0.1, -0.05) is 376 Å². The Labute approximate surface area is 871 Å². The van der Waals surface area contributed by atoms with Crippen molar-refractivity contribution in [1.29, 1.82) is 0 Å². The fraction of sp³-hybridized carbons (Fsp3) is 0.271. The number of fused-ring (bicyclic) bond motifs is 16. The lowest BCUT2D eigenvalue weighted by molar-refractivity contribution is 0.0719. The summed E-state index contributed by atoms with van der Waals surface area (Å²) in [5, 5.41) is 13.7. The molecule has 0 fully saturated rings. The Morgan fingerprint density at radius 1 is 0.162 bits per heavy atom. The summed E-state index contributed by atoms with van der Waals surface area (Å²) in [6, 6.07) is 95.8. The van der Waals surface area contributed by atoms with Gasteiger partial charge in [-0.15, -0.1) is 0 Å². The van der Waals surface area contributed by atoms with Crippen LogP contribution in [0.25, 0.3) is 0 Å². The first-order valence-electron chi connectivity index (χ1n) is 50.9. The van der Waals surface area contributed by atoms with E-state index >= 15 is 33.6 Å². The Bertz CT molecular complexity index is 6930. The molecule has 0 saturated carbocycles. The van der Waals surface area contributed by atoms with E-state index in [1.165, 1.54) is 0 Å². The summed E-state index contributed by atoms with van der Waals surface area (Å²) >= 11 is 0. The van der Waals surface area contributed by atoms with Crippen molar-refractivity contribution in [2.45, 2.75) is 235 Å². The standard InChI is InChI=1S/C133H132O15/c1-127(2,3)105-68-91-60-89-58-43-59-90(112(89)134)61-92-69-106(128(4,5)6)71-94(114(92)143-121(136)83-46-31-23-32-47-83)63-96-73-108(130(10,11)12)75-98(116(96)145-123(138)85-50-35-25-36-51-85)65-100-77-110(132(16,17)18)79-102(118(100)147-125(140)87-54-39-27-40-55-87)67-104-81-111(133(19,20)21)80-103(119(104)148-126(141)88-56-41-28-42-57-88)66-101-78-109(131(13,14)15)76-99(117(101)146-124(139)86-52-37-26-38-53-86)64-97-74-107(129(7,8)9)72-95(115(97)144-122(137)84-48-33-24-34-49-84)62-93(70-105)113(91)142-120(135)82-44-29-22-30-45-82/h22-59,68-81,134H,60-67H2,1-21H3. The largest absolute Gasteiger partial charge is 0.507 e. The van der Waals surface area contributed by atoms with Crippen LogP contribution in [0.1, 0.15) is 346 Å². The van der Waals surface area contributed by atoms with Crippen LogP contribution in [0.3, 0.4) is 0 Å². The minimum Gasteiger partial charge on any atom is -0.507 e. The molecule has 754 valence electrons. The first-order chi connectivity index (χ1) is 70.0. The molecular weight excluding hydrogens is 1840 g/mol. The highest BCUT2D eigenvalue weighted by Gasteiger charge is 2.37. The number of phenolic OH excluding ortho intramolecular Hbond substituents is 1. The molecule has 0 aliphatic heterocycles. The third kappa shape index (κ3) is 24.8. The number of benzene rings is 15. The van der Waals surface area contributed by atoms with Crippen LogP contribution in [0.5, 0.6) is 46.0 Å². The number of carbonyl (C=O) groups excluding carboxylic acids is 7. The number of esters is 7. The number of para-hydroxylation sites is 1. The fourth-order valence-electron chi connectivity index (χ4n) is 18.7. The van der Waals surface area contributed by atoms with E-state index in [9.17, 15) is 5.11 Å². The van der Waals surface area contributed by atoms with Crippen molar-refractivity contribution >= 4 is 41.8 Å². The molecule has 1 aliphatic rings. The lowest BCUT2D eigenvalue weighted by atomic mass is 9.79. The first-order valence-corrected chi connectivity index (χ1v) is 50.9. The van der Waals surface area contributed by atoms with Gasteiger partial charge in [0.25, 0.3) is 0 Å². The highest BCUT2D eigenvalue weighted by Crippen LogP contribution is 2.49. The molecule has 148 heavy (non-hydrogen) atoms. The normalized spacial score (nSPS) is 12.8. The maximum Gasteiger partial charge on any atom is 0.343 e. The van der Waals surface area contributed by atoms with E-state index in [1.807, 2.05) is 84.9 Å². The van der Waals surface area contributed by atoms with E-state index in [0.29, 0.717) is 89.0 Å². The molecule has 15 aromatic rings. The molecule has 1 N–H and O–H groups in total. The molecule has 0 atom stereocenters. The molecular formula is C133H132O15. The smallest absolute Gasteiger partial charge is 0.343 e. The minimum atomic E-state index is -0.673. The summed E-state index contributed by atoms with van der Waals surface area (Å²) in [5.74, 6) is -3.40. The van der Waals surface area contributed by atoms with Crippen LogP contribution in [0.2, 0.25) is 0 Å². The molecule has 0 saturated heterocycles. The van der Waals surface area contributed by atoms with Gasteiger partial charge in [0.15, 0.2) is 0 Å². The number of rotatable bonds is 14. The Balaban J connectivity index is 1.05. The van der Waals surface area contributed by atoms with Crippen molar-refractivity contribution in [2.24, 2.45) is 0 Å². The SMILES string of the molecule is CC(C)(C)c1cc2c(OC(=O)c3ccccc3)c(c1)Cc1cc(C(C)(C)C)cc(c1OC(=O)c1ccccc1)Cc1cc(C(C)(C)C)cc(c1OC(=O)c1ccccc1)Cc1cc(C(C)(C)C)cc(c1OC(=O)c1ccccc1)Cc1cc(C(C)(C)C)cc(c1OC(=O)c1ccccc1)Cc1cc(C(C)(C)C)cc(c1OC(=O)c1ccccc1)Cc1cc(C(C)(C)C)cc(c1OC(=O)c1ccccc1)Cc1cccc(c1O)C2. The molecule has 16 rings (SSSR count). The molecule has 15 nitrogen and oxygen atoms in total. The number of hydrogen-bond acceptors (Lipinski definition) is 15. The van der Waals surface area contributed by atoms with Gasteiger partial charge in [0.05, 0.1) is 38.9 Å². The van der Waals surface area contributed by atoms with E-state index in [2.05, 4.69) is 206 Å². The topological polar surface area (TPSA) is 204 Å². The summed E-state index contributed by atoms with van der Waals surface area (Å²) in [6.45, 7) is 44.4. The maximum atomic E-state index is 15.8. The lowest BCUT2D eigenvalue weighted by Crippen LogP contribution is -2.20. The van der Waals surface area contributed by atoms with Crippen molar-refractivity contribution in [1.82, 2.24) is 0 Å². The van der Waals surface area contributed by atoms with Crippen LogP contribution in [0.4, 0.5) is 0 Å². The summed E-state index contributed by atoms with van der Waals surface area (Å²) in [4.78, 5) is 110. The Morgan fingerprint density at radius 2 is 0.270 bits per heavy atom. The number of carbonyl (C=O) groups is 7. The zero-order valence-corrected chi connectivity index (χ0v) is 88.8. The molecule has 1 aliphatic carbocycles. The van der Waals surface area contributed by atoms with Gasteiger partial charge < -0.3 is 38.3 Å². The van der Waals surface area contributed by atoms with Crippen LogP contribution >= 0.6 is 0 Å². The molecule has 0 radical (unpaired) electrons. The molecule has 0 heterocycles. The molecule has 0 aromatic heterocycles. The Morgan fingerprint density at radius 3 is 0.378 bits per heavy atom. The zero-order valence-electron chi connectivity index (χ0n) is 88.8. The molecule has 15 heteroatoms. The lowest BCUT2D eigenvalue weighted by Gasteiger charge is -2.28. The van der Waals surface area contributed by atoms with E-state index < -0.39 is 79.7 Å². The van der Waals surface area contributed by atoms with Crippen LogP contribution in [-0.2, 0) is 89.3 Å². The molecule has 0 unspecified atom stereocenters. The third-order valence-corrected chi connectivity index (χ3v) is 27.4. The average Bonchev–Trinajstić information content (AvgIpc) is 0.756. The summed E-state index contributed by atoms with van der Waals surface area (Å²) in [6.07, 6.45) is -0.255. The van der Waals surface area contributed by atoms with Crippen molar-refractivity contribution in [3.8, 4) is 46.0 Å². The second-order valence-electron chi connectivity index (χ2n) is 46.2. The van der Waals surface area contributed by atoms with Crippen molar-refractivity contribution in [3.63, 3.8) is 0 Å². The van der Waals surface area contributed by atoms with E-state index in [-0.39, 0.29) is 136 Å². The van der Waals surface area contributed by atoms with Gasteiger partial charge in [-0.05, 0) is 173 Å². The first kappa shape index (κ1) is 105. The molecule has 0 spiro atoms. The second-order valence-corrected chi connectivity index (χ2v) is 46.2. The zero-order chi connectivity index (χ0) is 106. The van der Waals surface area contributed by atoms with Crippen molar-refractivity contribution in [2.75, 3.05) is 0 Å². The minimum absolute atomic E-state index is 0.00829. The van der Waals surface area contributed by atoms with Crippen LogP contribution in [0, 0.1) is 0 Å². The van der Waals surface area contributed by atoms with Gasteiger partial charge in [-0.25, -0.2) is 33.6 Å². The van der Waals surface area contributed by atoms with Gasteiger partial charge in [0.1, 0.15) is 46.0 Å².